The summed E-state index contributed by atoms with van der Waals surface area (Å²) < 4.78 is 1.92. The maximum atomic E-state index is 13.2. The third kappa shape index (κ3) is 3.33. The zero-order chi connectivity index (χ0) is 20.9. The van der Waals surface area contributed by atoms with Gasteiger partial charge in [0.05, 0.1) is 12.9 Å². The molecule has 3 unspecified atom stereocenters. The number of ketones is 1. The number of carbonyl (C=O) groups is 1. The van der Waals surface area contributed by atoms with Crippen LogP contribution in [0.1, 0.15) is 64.7 Å². The Morgan fingerprint density at radius 1 is 1.17 bits per heavy atom. The van der Waals surface area contributed by atoms with Crippen LogP contribution in [0.2, 0.25) is 0 Å². The first-order valence-electron chi connectivity index (χ1n) is 11.8. The Bertz CT molecular complexity index is 858. The Kier molecular flexibility index (Phi) is 5.27. The average Bonchev–Trinajstić information content (AvgIpc) is 3.34. The molecule has 4 saturated carbocycles. The fraction of sp³-hybridized carbons (Fsp3) is 0.760. The molecule has 4 fully saturated rings. The molecular weight excluding hydrogens is 396 g/mol. The number of Topliss-reactive ketones (excluding diaryl/α,β-unsaturated/α-hetero) is 1. The Morgan fingerprint density at radius 3 is 2.77 bits per heavy atom. The molecule has 5 rings (SSSR count). The van der Waals surface area contributed by atoms with E-state index in [1.54, 1.807) is 12.5 Å². The van der Waals surface area contributed by atoms with Gasteiger partial charge in [0, 0.05) is 23.7 Å². The molecule has 1 aromatic rings. The maximum Gasteiger partial charge on any atom is 0.156 e. The van der Waals surface area contributed by atoms with Crippen LogP contribution in [0.5, 0.6) is 0 Å². The first-order valence-corrected chi connectivity index (χ1v) is 12.1. The van der Waals surface area contributed by atoms with Crippen LogP contribution in [0.4, 0.5) is 0 Å². The van der Waals surface area contributed by atoms with Crippen molar-refractivity contribution in [3.8, 4) is 11.3 Å². The number of rotatable bonds is 3. The monoisotopic (exact) mass is 428 g/mol. The van der Waals surface area contributed by atoms with Crippen LogP contribution < -0.4 is 0 Å². The highest BCUT2D eigenvalue weighted by Gasteiger charge is 2.58. The predicted octanol–water partition coefficient (Wildman–Crippen LogP) is 4.65. The number of fused-ring (bicyclic) bond motifs is 5. The van der Waals surface area contributed by atoms with Crippen molar-refractivity contribution in [1.29, 1.82) is 0 Å². The van der Waals surface area contributed by atoms with E-state index in [1.165, 1.54) is 32.1 Å². The molecule has 1 heterocycles. The number of aliphatic hydroxyl groups is 1. The molecule has 0 bridgehead atoms. The topological polar surface area (TPSA) is 55.1 Å². The summed E-state index contributed by atoms with van der Waals surface area (Å²) in [6, 6.07) is 0. The Labute approximate surface area is 184 Å². The molecule has 162 valence electrons. The van der Waals surface area contributed by atoms with E-state index in [0.29, 0.717) is 30.1 Å². The first-order chi connectivity index (χ1) is 14.4. The molecule has 0 radical (unpaired) electrons. The molecule has 0 amide bonds. The van der Waals surface area contributed by atoms with Crippen molar-refractivity contribution in [1.82, 2.24) is 9.55 Å². The lowest BCUT2D eigenvalue weighted by molar-refractivity contribution is -0.132. The van der Waals surface area contributed by atoms with Crippen LogP contribution in [0.25, 0.3) is 0 Å². The second-order valence-corrected chi connectivity index (χ2v) is 11.0. The molecule has 0 aliphatic heterocycles. The summed E-state index contributed by atoms with van der Waals surface area (Å²) in [5.74, 6) is 6.94. The van der Waals surface area contributed by atoms with Crippen molar-refractivity contribution in [3.05, 3.63) is 18.7 Å². The van der Waals surface area contributed by atoms with Gasteiger partial charge in [-0.2, -0.15) is 0 Å². The van der Waals surface area contributed by atoms with Gasteiger partial charge in [-0.3, -0.25) is 4.79 Å². The van der Waals surface area contributed by atoms with Crippen LogP contribution >= 0.6 is 11.6 Å². The second kappa shape index (κ2) is 7.68. The quantitative estimate of drug-likeness (QED) is 0.713. The van der Waals surface area contributed by atoms with Crippen molar-refractivity contribution in [3.63, 3.8) is 0 Å². The highest BCUT2D eigenvalue weighted by molar-refractivity contribution is 6.30. The van der Waals surface area contributed by atoms with Gasteiger partial charge in [-0.05, 0) is 104 Å². The fourth-order valence-electron chi connectivity index (χ4n) is 8.28. The van der Waals surface area contributed by atoms with E-state index in [9.17, 15) is 9.90 Å². The van der Waals surface area contributed by atoms with Crippen molar-refractivity contribution in [2.75, 3.05) is 0 Å². The lowest BCUT2D eigenvalue weighted by Crippen LogP contribution is -2.51. The summed E-state index contributed by atoms with van der Waals surface area (Å²) in [7, 11) is 0. The molecule has 1 aromatic heterocycles. The van der Waals surface area contributed by atoms with E-state index in [2.05, 4.69) is 23.2 Å². The number of hydrogen-bond acceptors (Lipinski definition) is 3. The zero-order valence-electron chi connectivity index (χ0n) is 17.9. The van der Waals surface area contributed by atoms with Crippen molar-refractivity contribution in [2.45, 2.75) is 76.9 Å². The van der Waals surface area contributed by atoms with E-state index in [1.807, 2.05) is 10.8 Å². The van der Waals surface area contributed by atoms with E-state index >= 15 is 0 Å². The van der Waals surface area contributed by atoms with Crippen LogP contribution in [-0.2, 0) is 11.3 Å². The second-order valence-electron chi connectivity index (χ2n) is 10.8. The van der Waals surface area contributed by atoms with E-state index < -0.39 is 5.60 Å². The van der Waals surface area contributed by atoms with Gasteiger partial charge in [-0.25, -0.2) is 4.98 Å². The predicted molar refractivity (Wildman–Crippen MR) is 116 cm³/mol. The molecule has 4 aliphatic rings. The van der Waals surface area contributed by atoms with Gasteiger partial charge in [0.25, 0.3) is 0 Å². The lowest BCUT2D eigenvalue weighted by atomic mass is 9.49. The standard InChI is InChI=1S/C25H33ClN2O2/c1-24-8-6-19-18-7-9-25(30,10-11-26)14-17(18)2-3-20(19)21(24)4-5-22(24)23(29)15-28-13-12-27-16-28/h12-13,16-22,30H,2-9,14-15H2,1H3/t17-,18+,19?,20?,21?,22-,24+,25+/m1/s1. The number of nitrogens with zero attached hydrogens (tertiary/aromatic N) is 2. The Hall–Kier alpha value is -1.31. The highest BCUT2D eigenvalue weighted by atomic mass is 35.5. The van der Waals surface area contributed by atoms with Crippen LogP contribution in [-0.4, -0.2) is 26.0 Å². The SMILES string of the molecule is C[C@]12CCC3C(CC[C@@H]4C[C@@](O)(C#CCl)CC[C@H]34)C1CC[C@@H]2C(=O)Cn1ccnc1. The van der Waals surface area contributed by atoms with Crippen LogP contribution in [0.3, 0.4) is 0 Å². The fourth-order valence-corrected chi connectivity index (χ4v) is 8.46. The van der Waals surface area contributed by atoms with Crippen LogP contribution in [0.15, 0.2) is 18.7 Å². The number of imidazole rings is 1. The lowest BCUT2D eigenvalue weighted by Gasteiger charge is -2.56. The smallest absolute Gasteiger partial charge is 0.156 e. The van der Waals surface area contributed by atoms with Crippen molar-refractivity contribution >= 4 is 17.4 Å². The molecule has 4 nitrogen and oxygen atoms in total. The normalized spacial score (nSPS) is 44.9. The maximum absolute atomic E-state index is 13.2. The summed E-state index contributed by atoms with van der Waals surface area (Å²) in [5, 5.41) is 13.2. The zero-order valence-corrected chi connectivity index (χ0v) is 18.7. The molecule has 0 saturated heterocycles. The third-order valence-electron chi connectivity index (χ3n) is 9.58. The minimum absolute atomic E-state index is 0.158. The highest BCUT2D eigenvalue weighted by Crippen LogP contribution is 2.64. The number of aromatic nitrogens is 2. The van der Waals surface area contributed by atoms with Crippen LogP contribution in [0, 0.1) is 52.2 Å². The van der Waals surface area contributed by atoms with E-state index in [4.69, 9.17) is 11.6 Å². The minimum Gasteiger partial charge on any atom is -0.378 e. The van der Waals surface area contributed by atoms with Gasteiger partial charge in [-0.1, -0.05) is 12.8 Å². The molecule has 8 atom stereocenters. The summed E-state index contributed by atoms with van der Waals surface area (Å²) >= 11 is 5.62. The summed E-state index contributed by atoms with van der Waals surface area (Å²) in [6.45, 7) is 2.88. The Balaban J connectivity index is 1.31. The molecular formula is C25H33ClN2O2. The van der Waals surface area contributed by atoms with E-state index in [0.717, 1.165) is 37.5 Å². The first kappa shape index (κ1) is 20.6. The van der Waals surface area contributed by atoms with E-state index in [-0.39, 0.29) is 11.3 Å². The van der Waals surface area contributed by atoms with Crippen molar-refractivity contribution < 1.29 is 9.90 Å². The molecule has 4 aliphatic carbocycles. The van der Waals surface area contributed by atoms with Gasteiger partial charge in [0.2, 0.25) is 0 Å². The van der Waals surface area contributed by atoms with Gasteiger partial charge in [0.15, 0.2) is 5.78 Å². The number of halogens is 1. The Morgan fingerprint density at radius 2 is 2.00 bits per heavy atom. The van der Waals surface area contributed by atoms with Gasteiger partial charge >= 0.3 is 0 Å². The summed E-state index contributed by atoms with van der Waals surface area (Å²) in [4.78, 5) is 17.3. The summed E-state index contributed by atoms with van der Waals surface area (Å²) in [6.07, 6.45) is 15.1. The van der Waals surface area contributed by atoms with Gasteiger partial charge < -0.3 is 9.67 Å². The molecule has 0 aromatic carbocycles. The molecule has 5 heteroatoms. The van der Waals surface area contributed by atoms with Crippen molar-refractivity contribution in [2.24, 2.45) is 40.9 Å². The number of carbonyl (C=O) groups excluding carboxylic acids is 1. The molecule has 1 N–H and O–H groups in total. The molecule has 30 heavy (non-hydrogen) atoms. The molecule has 0 spiro atoms. The third-order valence-corrected chi connectivity index (χ3v) is 9.67. The number of hydrogen-bond donors (Lipinski definition) is 1. The average molecular weight is 429 g/mol. The van der Waals surface area contributed by atoms with Gasteiger partial charge in [-0.15, -0.1) is 0 Å². The minimum atomic E-state index is -0.878. The van der Waals surface area contributed by atoms with Gasteiger partial charge in [0.1, 0.15) is 5.60 Å². The largest absolute Gasteiger partial charge is 0.378 e. The summed E-state index contributed by atoms with van der Waals surface area (Å²) in [5.41, 5.74) is -0.720.